The van der Waals surface area contributed by atoms with E-state index in [0.29, 0.717) is 5.75 Å². The predicted octanol–water partition coefficient (Wildman–Crippen LogP) is 3.55. The molecule has 0 fully saturated rings. The molecule has 2 heterocycles. The molecule has 4 rings (SSSR count). The lowest BCUT2D eigenvalue weighted by Gasteiger charge is -2.04. The lowest BCUT2D eigenvalue weighted by molar-refractivity contribution is -0.139. The molecule has 6 nitrogen and oxygen atoms in total. The van der Waals surface area contributed by atoms with Crippen LogP contribution in [0.4, 0.5) is 0 Å². The van der Waals surface area contributed by atoms with Gasteiger partial charge in [0.25, 0.3) is 0 Å². The molecule has 1 N–H and O–H groups in total. The van der Waals surface area contributed by atoms with Crippen molar-refractivity contribution >= 4 is 17.0 Å². The zero-order valence-corrected chi connectivity index (χ0v) is 13.7. The number of carboxylic acid groups (broad SMARTS) is 1. The second kappa shape index (κ2) is 6.68. The van der Waals surface area contributed by atoms with Gasteiger partial charge in [-0.1, -0.05) is 18.2 Å². The fourth-order valence-corrected chi connectivity index (χ4v) is 2.77. The summed E-state index contributed by atoms with van der Waals surface area (Å²) in [6.07, 6.45) is 1.75. The summed E-state index contributed by atoms with van der Waals surface area (Å²) in [6.45, 7) is -0.366. The first-order valence-corrected chi connectivity index (χ1v) is 8.06. The minimum atomic E-state index is -1.01. The highest BCUT2D eigenvalue weighted by atomic mass is 16.5. The van der Waals surface area contributed by atoms with Crippen molar-refractivity contribution in [1.82, 2.24) is 14.8 Å². The lowest BCUT2D eigenvalue weighted by Crippen LogP contribution is -2.09. The van der Waals surface area contributed by atoms with Gasteiger partial charge in [-0.25, -0.2) is 14.5 Å². The van der Waals surface area contributed by atoms with E-state index in [2.05, 4.69) is 4.98 Å². The van der Waals surface area contributed by atoms with Crippen LogP contribution in [0.15, 0.2) is 72.9 Å². The van der Waals surface area contributed by atoms with Crippen molar-refractivity contribution in [1.29, 1.82) is 0 Å². The summed E-state index contributed by atoms with van der Waals surface area (Å²) in [4.78, 5) is 15.1. The zero-order chi connectivity index (χ0) is 17.9. The van der Waals surface area contributed by atoms with E-state index in [9.17, 15) is 4.79 Å². The molecule has 26 heavy (non-hydrogen) atoms. The number of nitrogens with zero attached hydrogens (tertiary/aromatic N) is 3. The summed E-state index contributed by atoms with van der Waals surface area (Å²) in [5.74, 6) is -0.506. The van der Waals surface area contributed by atoms with Gasteiger partial charge in [-0.3, -0.25) is 0 Å². The van der Waals surface area contributed by atoms with E-state index in [1.54, 1.807) is 18.3 Å². The molecule has 0 amide bonds. The molecule has 6 heteroatoms. The third-order valence-corrected chi connectivity index (χ3v) is 3.93. The van der Waals surface area contributed by atoms with Crippen LogP contribution in [-0.4, -0.2) is 32.4 Å². The summed E-state index contributed by atoms with van der Waals surface area (Å²) >= 11 is 0. The Balaban J connectivity index is 1.76. The van der Waals surface area contributed by atoms with Gasteiger partial charge in [0.05, 0.1) is 5.69 Å². The molecule has 0 saturated heterocycles. The Morgan fingerprint density at radius 3 is 2.50 bits per heavy atom. The Labute approximate surface area is 149 Å². The molecule has 0 spiro atoms. The van der Waals surface area contributed by atoms with Gasteiger partial charge in [-0.2, -0.15) is 5.10 Å². The van der Waals surface area contributed by atoms with Gasteiger partial charge in [-0.15, -0.1) is 0 Å². The van der Waals surface area contributed by atoms with Crippen LogP contribution < -0.4 is 4.74 Å². The van der Waals surface area contributed by atoms with Crippen molar-refractivity contribution in [2.75, 3.05) is 6.61 Å². The molecule has 4 aromatic rings. The van der Waals surface area contributed by atoms with Crippen LogP contribution in [0.3, 0.4) is 0 Å². The number of hydrogen-bond donors (Lipinski definition) is 1. The van der Waals surface area contributed by atoms with E-state index in [0.717, 1.165) is 28.0 Å². The number of aromatic nitrogens is 3. The number of ether oxygens (including phenoxy) is 1. The molecule has 0 saturated carbocycles. The minimum absolute atomic E-state index is 0.366. The largest absolute Gasteiger partial charge is 0.482 e. The monoisotopic (exact) mass is 345 g/mol. The van der Waals surface area contributed by atoms with Gasteiger partial charge < -0.3 is 9.84 Å². The lowest BCUT2D eigenvalue weighted by atomic mass is 10.1. The first-order chi connectivity index (χ1) is 12.7. The molecule has 128 valence electrons. The summed E-state index contributed by atoms with van der Waals surface area (Å²) in [7, 11) is 0. The van der Waals surface area contributed by atoms with E-state index in [4.69, 9.17) is 14.9 Å². The number of benzene rings is 2. The van der Waals surface area contributed by atoms with Crippen LogP contribution in [0.1, 0.15) is 0 Å². The van der Waals surface area contributed by atoms with Crippen molar-refractivity contribution in [3.05, 3.63) is 72.9 Å². The number of hydrogen-bond acceptors (Lipinski definition) is 4. The SMILES string of the molecule is O=C(O)COc1ccc(-c2nn(-c3ccccc3)c3ncccc23)cc1. The second-order valence-corrected chi connectivity index (χ2v) is 5.68. The summed E-state index contributed by atoms with van der Waals surface area (Å²) in [6, 6.07) is 20.9. The molecule has 2 aromatic heterocycles. The third-order valence-electron chi connectivity index (χ3n) is 3.93. The van der Waals surface area contributed by atoms with Crippen molar-refractivity contribution in [3.63, 3.8) is 0 Å². The number of para-hydroxylation sites is 1. The van der Waals surface area contributed by atoms with E-state index in [1.807, 2.05) is 59.3 Å². The maximum absolute atomic E-state index is 10.6. The number of pyridine rings is 1. The Morgan fingerprint density at radius 2 is 1.77 bits per heavy atom. The van der Waals surface area contributed by atoms with Gasteiger partial charge >= 0.3 is 5.97 Å². The van der Waals surface area contributed by atoms with Gasteiger partial charge in [0.2, 0.25) is 0 Å². The van der Waals surface area contributed by atoms with Gasteiger partial charge in [0.15, 0.2) is 12.3 Å². The van der Waals surface area contributed by atoms with Crippen LogP contribution in [0, 0.1) is 0 Å². The minimum Gasteiger partial charge on any atom is -0.482 e. The number of rotatable bonds is 5. The molecular formula is C20H15N3O3. The summed E-state index contributed by atoms with van der Waals surface area (Å²) in [5, 5.41) is 14.4. The standard InChI is InChI=1S/C20H15N3O3/c24-18(25)13-26-16-10-8-14(9-11-16)19-17-7-4-12-21-20(17)23(22-19)15-5-2-1-3-6-15/h1-12H,13H2,(H,24,25). The number of carboxylic acids is 1. The van der Waals surface area contributed by atoms with Crippen LogP contribution >= 0.6 is 0 Å². The molecule has 0 unspecified atom stereocenters. The molecule has 0 aliphatic rings. The first-order valence-electron chi connectivity index (χ1n) is 8.06. The van der Waals surface area contributed by atoms with Gasteiger partial charge in [0.1, 0.15) is 11.4 Å². The third kappa shape index (κ3) is 3.00. The van der Waals surface area contributed by atoms with Gasteiger partial charge in [0, 0.05) is 17.1 Å². The highest BCUT2D eigenvalue weighted by Gasteiger charge is 2.14. The van der Waals surface area contributed by atoms with Crippen LogP contribution in [0.5, 0.6) is 5.75 Å². The maximum atomic E-state index is 10.6. The van der Waals surface area contributed by atoms with E-state index in [1.165, 1.54) is 0 Å². The topological polar surface area (TPSA) is 77.2 Å². The molecular weight excluding hydrogens is 330 g/mol. The molecule has 0 bridgehead atoms. The predicted molar refractivity (Wildman–Crippen MR) is 97.4 cm³/mol. The maximum Gasteiger partial charge on any atom is 0.341 e. The number of fused-ring (bicyclic) bond motifs is 1. The van der Waals surface area contributed by atoms with Crippen molar-refractivity contribution in [2.45, 2.75) is 0 Å². The zero-order valence-electron chi connectivity index (χ0n) is 13.7. The van der Waals surface area contributed by atoms with Crippen molar-refractivity contribution in [2.24, 2.45) is 0 Å². The van der Waals surface area contributed by atoms with E-state index in [-0.39, 0.29) is 6.61 Å². The normalized spacial score (nSPS) is 10.8. The average Bonchev–Trinajstić information content (AvgIpc) is 3.07. The average molecular weight is 345 g/mol. The molecule has 0 aliphatic carbocycles. The highest BCUT2D eigenvalue weighted by Crippen LogP contribution is 2.29. The highest BCUT2D eigenvalue weighted by molar-refractivity contribution is 5.92. The molecule has 2 aromatic carbocycles. The Bertz CT molecular complexity index is 1060. The van der Waals surface area contributed by atoms with Crippen molar-refractivity contribution in [3.8, 4) is 22.7 Å². The van der Waals surface area contributed by atoms with E-state index >= 15 is 0 Å². The number of carbonyl (C=O) groups is 1. The molecule has 0 radical (unpaired) electrons. The first kappa shape index (κ1) is 15.8. The fraction of sp³-hybridized carbons (Fsp3) is 0.0500. The molecule has 0 atom stereocenters. The quantitative estimate of drug-likeness (QED) is 0.598. The summed E-state index contributed by atoms with van der Waals surface area (Å²) in [5.41, 5.74) is 3.42. The van der Waals surface area contributed by atoms with E-state index < -0.39 is 5.97 Å². The van der Waals surface area contributed by atoms with Crippen molar-refractivity contribution < 1.29 is 14.6 Å². The second-order valence-electron chi connectivity index (χ2n) is 5.68. The Morgan fingerprint density at radius 1 is 1.00 bits per heavy atom. The molecule has 0 aliphatic heterocycles. The number of aliphatic carboxylic acids is 1. The van der Waals surface area contributed by atoms with Crippen LogP contribution in [0.25, 0.3) is 28.0 Å². The Hall–Kier alpha value is -3.67. The van der Waals surface area contributed by atoms with Crippen LogP contribution in [0.2, 0.25) is 0 Å². The Kier molecular flexibility index (Phi) is 4.07. The van der Waals surface area contributed by atoms with Gasteiger partial charge in [-0.05, 0) is 48.5 Å². The van der Waals surface area contributed by atoms with Crippen LogP contribution in [-0.2, 0) is 4.79 Å². The summed E-state index contributed by atoms with van der Waals surface area (Å²) < 4.78 is 7.00. The fourth-order valence-electron chi connectivity index (χ4n) is 2.77. The smallest absolute Gasteiger partial charge is 0.341 e.